The Hall–Kier alpha value is -2.63. The lowest BCUT2D eigenvalue weighted by atomic mass is 10.1. The van der Waals surface area contributed by atoms with Crippen LogP contribution in [0.15, 0.2) is 34.9 Å². The van der Waals surface area contributed by atoms with Crippen LogP contribution in [0.4, 0.5) is 0 Å². The van der Waals surface area contributed by atoms with E-state index in [1.54, 1.807) is 13.0 Å². The Balaban J connectivity index is 1.61. The van der Waals surface area contributed by atoms with E-state index < -0.39 is 0 Å². The van der Waals surface area contributed by atoms with Gasteiger partial charge in [-0.05, 0) is 25.8 Å². The molecule has 122 valence electrons. The number of carbonyl (C=O) groups is 2. The topological polar surface area (TPSA) is 84.2 Å². The van der Waals surface area contributed by atoms with Gasteiger partial charge in [-0.2, -0.15) is 0 Å². The van der Waals surface area contributed by atoms with Crippen molar-refractivity contribution < 1.29 is 14.1 Å². The first kappa shape index (κ1) is 16.7. The van der Waals surface area contributed by atoms with Gasteiger partial charge in [-0.25, -0.2) is 0 Å². The smallest absolute Gasteiger partial charge is 0.273 e. The lowest BCUT2D eigenvalue weighted by molar-refractivity contribution is -0.121. The van der Waals surface area contributed by atoms with Gasteiger partial charge in [-0.3, -0.25) is 9.59 Å². The first-order valence-electron chi connectivity index (χ1n) is 7.58. The number of benzene rings is 1. The van der Waals surface area contributed by atoms with Gasteiger partial charge < -0.3 is 15.2 Å². The summed E-state index contributed by atoms with van der Waals surface area (Å²) in [6.07, 6.45) is 1.14. The number of amides is 2. The molecular weight excluding hydrogens is 294 g/mol. The molecule has 0 saturated carbocycles. The van der Waals surface area contributed by atoms with Gasteiger partial charge in [0.1, 0.15) is 5.76 Å². The van der Waals surface area contributed by atoms with E-state index in [1.165, 1.54) is 5.56 Å². The van der Waals surface area contributed by atoms with Crippen LogP contribution >= 0.6 is 0 Å². The molecule has 0 aliphatic heterocycles. The summed E-state index contributed by atoms with van der Waals surface area (Å²) in [6.45, 7) is 4.49. The van der Waals surface area contributed by atoms with Crippen molar-refractivity contribution in [2.24, 2.45) is 0 Å². The van der Waals surface area contributed by atoms with Gasteiger partial charge in [0.25, 0.3) is 5.91 Å². The highest BCUT2D eigenvalue weighted by Crippen LogP contribution is 2.05. The number of rotatable bonds is 7. The quantitative estimate of drug-likeness (QED) is 0.763. The fourth-order valence-corrected chi connectivity index (χ4v) is 2.04. The van der Waals surface area contributed by atoms with Crippen molar-refractivity contribution in [3.63, 3.8) is 0 Å². The van der Waals surface area contributed by atoms with Crippen LogP contribution < -0.4 is 10.6 Å². The van der Waals surface area contributed by atoms with Crippen LogP contribution in [0.3, 0.4) is 0 Å². The summed E-state index contributed by atoms with van der Waals surface area (Å²) in [5, 5.41) is 9.07. The summed E-state index contributed by atoms with van der Waals surface area (Å²) in [6, 6.07) is 9.70. The number of aromatic nitrogens is 1. The third-order valence-corrected chi connectivity index (χ3v) is 3.35. The first-order valence-corrected chi connectivity index (χ1v) is 7.58. The highest BCUT2D eigenvalue weighted by Gasteiger charge is 2.10. The third-order valence-electron chi connectivity index (χ3n) is 3.35. The van der Waals surface area contributed by atoms with E-state index in [0.29, 0.717) is 31.7 Å². The summed E-state index contributed by atoms with van der Waals surface area (Å²) < 4.78 is 4.83. The summed E-state index contributed by atoms with van der Waals surface area (Å²) in [5.41, 5.74) is 2.59. The average Bonchev–Trinajstić information content (AvgIpc) is 2.97. The average molecular weight is 315 g/mol. The molecule has 0 aliphatic rings. The molecular formula is C17H21N3O3. The SMILES string of the molecule is Cc1ccc(CCC(=O)NCCNC(=O)c2cc(C)on2)cc1. The zero-order valence-corrected chi connectivity index (χ0v) is 13.4. The molecule has 2 rings (SSSR count). The van der Waals surface area contributed by atoms with Crippen LogP contribution in [0.25, 0.3) is 0 Å². The normalized spacial score (nSPS) is 10.3. The number of aryl methyl sites for hydroxylation is 3. The molecule has 0 radical (unpaired) electrons. The molecule has 6 nitrogen and oxygen atoms in total. The van der Waals surface area contributed by atoms with Crippen LogP contribution in [0.2, 0.25) is 0 Å². The molecule has 23 heavy (non-hydrogen) atoms. The molecule has 0 saturated heterocycles. The van der Waals surface area contributed by atoms with E-state index >= 15 is 0 Å². The summed E-state index contributed by atoms with van der Waals surface area (Å²) in [4.78, 5) is 23.4. The Labute approximate surface area is 135 Å². The fourth-order valence-electron chi connectivity index (χ4n) is 2.04. The van der Waals surface area contributed by atoms with Crippen molar-refractivity contribution in [3.8, 4) is 0 Å². The molecule has 0 aliphatic carbocycles. The Morgan fingerprint density at radius 2 is 1.78 bits per heavy atom. The van der Waals surface area contributed by atoms with Crippen LogP contribution in [-0.2, 0) is 11.2 Å². The van der Waals surface area contributed by atoms with Gasteiger partial charge in [0, 0.05) is 25.6 Å². The van der Waals surface area contributed by atoms with Crippen LogP contribution in [0, 0.1) is 13.8 Å². The third kappa shape index (κ3) is 5.58. The van der Waals surface area contributed by atoms with Gasteiger partial charge in [-0.1, -0.05) is 35.0 Å². The first-order chi connectivity index (χ1) is 11.0. The maximum absolute atomic E-state index is 11.8. The fraction of sp³-hybridized carbons (Fsp3) is 0.353. The second-order valence-electron chi connectivity index (χ2n) is 5.41. The minimum absolute atomic E-state index is 0.0305. The van der Waals surface area contributed by atoms with Gasteiger partial charge in [0.15, 0.2) is 5.69 Å². The monoisotopic (exact) mass is 315 g/mol. The zero-order valence-electron chi connectivity index (χ0n) is 13.4. The van der Waals surface area contributed by atoms with Gasteiger partial charge in [0.2, 0.25) is 5.91 Å². The Morgan fingerprint density at radius 1 is 1.09 bits per heavy atom. The van der Waals surface area contributed by atoms with Gasteiger partial charge >= 0.3 is 0 Å². The molecule has 1 aromatic heterocycles. The van der Waals surface area contributed by atoms with E-state index in [4.69, 9.17) is 4.52 Å². The van der Waals surface area contributed by atoms with Crippen molar-refractivity contribution in [1.82, 2.24) is 15.8 Å². The van der Waals surface area contributed by atoms with Crippen molar-refractivity contribution in [3.05, 3.63) is 52.9 Å². The largest absolute Gasteiger partial charge is 0.361 e. The predicted molar refractivity (Wildman–Crippen MR) is 86.1 cm³/mol. The minimum Gasteiger partial charge on any atom is -0.361 e. The maximum Gasteiger partial charge on any atom is 0.273 e. The van der Waals surface area contributed by atoms with Crippen LogP contribution in [0.5, 0.6) is 0 Å². The molecule has 0 bridgehead atoms. The molecule has 2 N–H and O–H groups in total. The van der Waals surface area contributed by atoms with E-state index in [9.17, 15) is 9.59 Å². The maximum atomic E-state index is 11.8. The summed E-state index contributed by atoms with van der Waals surface area (Å²) in [7, 11) is 0. The van der Waals surface area contributed by atoms with Crippen LogP contribution in [-0.4, -0.2) is 30.1 Å². The molecule has 2 amide bonds. The summed E-state index contributed by atoms with van der Waals surface area (Å²) >= 11 is 0. The van der Waals surface area contributed by atoms with Crippen molar-refractivity contribution in [2.75, 3.05) is 13.1 Å². The molecule has 1 heterocycles. The molecule has 0 spiro atoms. The van der Waals surface area contributed by atoms with E-state index in [-0.39, 0.29) is 17.5 Å². The Morgan fingerprint density at radius 3 is 2.43 bits per heavy atom. The number of carbonyl (C=O) groups excluding carboxylic acids is 2. The molecule has 6 heteroatoms. The van der Waals surface area contributed by atoms with Gasteiger partial charge in [0.05, 0.1) is 0 Å². The number of hydrogen-bond donors (Lipinski definition) is 2. The lowest BCUT2D eigenvalue weighted by Crippen LogP contribution is -2.34. The van der Waals surface area contributed by atoms with E-state index in [1.807, 2.05) is 31.2 Å². The Bertz CT molecular complexity index is 662. The number of nitrogens with one attached hydrogen (secondary N) is 2. The predicted octanol–water partition coefficient (Wildman–Crippen LogP) is 1.77. The highest BCUT2D eigenvalue weighted by molar-refractivity contribution is 5.92. The zero-order chi connectivity index (χ0) is 16.7. The Kier molecular flexibility index (Phi) is 5.91. The molecule has 0 fully saturated rings. The van der Waals surface area contributed by atoms with Crippen LogP contribution in [0.1, 0.15) is 33.8 Å². The highest BCUT2D eigenvalue weighted by atomic mass is 16.5. The van der Waals surface area contributed by atoms with Gasteiger partial charge in [-0.15, -0.1) is 0 Å². The second kappa shape index (κ2) is 8.12. The second-order valence-corrected chi connectivity index (χ2v) is 5.41. The number of hydrogen-bond acceptors (Lipinski definition) is 4. The van der Waals surface area contributed by atoms with Crippen molar-refractivity contribution >= 4 is 11.8 Å². The number of nitrogens with zero attached hydrogens (tertiary/aromatic N) is 1. The van der Waals surface area contributed by atoms with E-state index in [0.717, 1.165) is 5.56 Å². The summed E-state index contributed by atoms with van der Waals surface area (Å²) in [5.74, 6) is 0.243. The molecule has 0 atom stereocenters. The molecule has 1 aromatic carbocycles. The minimum atomic E-state index is -0.309. The van der Waals surface area contributed by atoms with Crippen molar-refractivity contribution in [2.45, 2.75) is 26.7 Å². The van der Waals surface area contributed by atoms with E-state index in [2.05, 4.69) is 15.8 Å². The molecule has 2 aromatic rings. The van der Waals surface area contributed by atoms with Crippen molar-refractivity contribution in [1.29, 1.82) is 0 Å². The molecule has 0 unspecified atom stereocenters. The lowest BCUT2D eigenvalue weighted by Gasteiger charge is -2.06. The standard InChI is InChI=1S/C17H21N3O3/c1-12-3-5-14(6-4-12)7-8-16(21)18-9-10-19-17(22)15-11-13(2)23-20-15/h3-6,11H,7-10H2,1-2H3,(H,18,21)(H,19,22).